The highest BCUT2D eigenvalue weighted by Crippen LogP contribution is 2.25. The maximum absolute atomic E-state index is 12.9. The topological polar surface area (TPSA) is 101 Å². The normalized spacial score (nSPS) is 15.5. The average molecular weight is 423 g/mol. The molecule has 0 saturated carbocycles. The first-order chi connectivity index (χ1) is 13.1. The number of benzene rings is 2. The Hall–Kier alpha value is -2.23. The third kappa shape index (κ3) is 4.26. The summed E-state index contributed by atoms with van der Waals surface area (Å²) in [5.74, 6) is -0.468. The molecule has 2 aromatic carbocycles. The van der Waals surface area contributed by atoms with E-state index in [4.69, 9.17) is 0 Å². The first-order valence-corrected chi connectivity index (χ1v) is 12.1. The molecular formula is C19H22N2O5S2. The van der Waals surface area contributed by atoms with E-state index in [-0.39, 0.29) is 15.4 Å². The van der Waals surface area contributed by atoms with Gasteiger partial charge in [0.2, 0.25) is 10.0 Å². The second-order valence-corrected chi connectivity index (χ2v) is 10.8. The van der Waals surface area contributed by atoms with Crippen molar-refractivity contribution >= 4 is 31.5 Å². The van der Waals surface area contributed by atoms with Crippen LogP contribution >= 0.6 is 0 Å². The minimum atomic E-state index is -3.63. The Kier molecular flexibility index (Phi) is 5.60. The van der Waals surface area contributed by atoms with Gasteiger partial charge in [-0.2, -0.15) is 4.31 Å². The molecule has 28 heavy (non-hydrogen) atoms. The van der Waals surface area contributed by atoms with Gasteiger partial charge >= 0.3 is 0 Å². The fourth-order valence-electron chi connectivity index (χ4n) is 3.08. The number of anilines is 1. The third-order valence-corrected chi connectivity index (χ3v) is 7.84. The lowest BCUT2D eigenvalue weighted by Gasteiger charge is -2.18. The van der Waals surface area contributed by atoms with Gasteiger partial charge in [-0.1, -0.05) is 6.07 Å². The molecule has 1 fully saturated rings. The molecule has 0 atom stereocenters. The van der Waals surface area contributed by atoms with E-state index in [2.05, 4.69) is 5.32 Å². The van der Waals surface area contributed by atoms with E-state index in [1.807, 2.05) is 0 Å². The van der Waals surface area contributed by atoms with E-state index in [1.54, 1.807) is 19.1 Å². The van der Waals surface area contributed by atoms with Crippen LogP contribution in [-0.4, -0.2) is 46.4 Å². The largest absolute Gasteiger partial charge is 0.322 e. The Bertz CT molecular complexity index is 1100. The fraction of sp³-hybridized carbons (Fsp3) is 0.316. The van der Waals surface area contributed by atoms with Crippen molar-refractivity contribution in [3.8, 4) is 0 Å². The van der Waals surface area contributed by atoms with Crippen molar-refractivity contribution in [2.75, 3.05) is 24.7 Å². The van der Waals surface area contributed by atoms with Gasteiger partial charge in [0.25, 0.3) is 5.91 Å². The zero-order valence-corrected chi connectivity index (χ0v) is 17.3. The Morgan fingerprint density at radius 3 is 2.14 bits per heavy atom. The number of rotatable bonds is 5. The lowest BCUT2D eigenvalue weighted by atomic mass is 10.1. The van der Waals surface area contributed by atoms with Crippen molar-refractivity contribution in [1.82, 2.24) is 4.31 Å². The molecule has 0 spiro atoms. The summed E-state index contributed by atoms with van der Waals surface area (Å²) in [4.78, 5) is 12.9. The molecule has 3 rings (SSSR count). The summed E-state index contributed by atoms with van der Waals surface area (Å²) in [5.41, 5.74) is 1.22. The van der Waals surface area contributed by atoms with Crippen LogP contribution < -0.4 is 5.32 Å². The number of amides is 1. The van der Waals surface area contributed by atoms with Gasteiger partial charge in [0, 0.05) is 30.6 Å². The summed E-state index contributed by atoms with van der Waals surface area (Å²) in [6, 6.07) is 10.4. The van der Waals surface area contributed by atoms with Crippen molar-refractivity contribution in [1.29, 1.82) is 0 Å². The summed E-state index contributed by atoms with van der Waals surface area (Å²) in [6.07, 6.45) is 2.78. The van der Waals surface area contributed by atoms with Crippen LogP contribution in [0.5, 0.6) is 0 Å². The standard InChI is InChI=1S/C19H22N2O5S2/c1-14-5-6-15(13-18(14)28(25,26)21-11-3-4-12-21)19(22)20-16-7-9-17(10-8-16)27(2,23)24/h5-10,13H,3-4,11-12H2,1-2H3,(H,20,22). The van der Waals surface area contributed by atoms with Crippen LogP contribution in [0.2, 0.25) is 0 Å². The number of hydrogen-bond acceptors (Lipinski definition) is 5. The molecule has 1 aliphatic rings. The Labute approximate surface area is 165 Å². The van der Waals surface area contributed by atoms with E-state index in [0.717, 1.165) is 19.1 Å². The number of hydrogen-bond donors (Lipinski definition) is 1. The first-order valence-electron chi connectivity index (χ1n) is 8.81. The molecule has 9 heteroatoms. The predicted molar refractivity (Wildman–Crippen MR) is 107 cm³/mol. The van der Waals surface area contributed by atoms with Gasteiger partial charge in [0.15, 0.2) is 9.84 Å². The quantitative estimate of drug-likeness (QED) is 0.798. The van der Waals surface area contributed by atoms with Crippen LogP contribution in [0.3, 0.4) is 0 Å². The smallest absolute Gasteiger partial charge is 0.255 e. The molecule has 7 nitrogen and oxygen atoms in total. The summed E-state index contributed by atoms with van der Waals surface area (Å²) in [5, 5.41) is 2.66. The van der Waals surface area contributed by atoms with Crippen molar-refractivity contribution in [3.63, 3.8) is 0 Å². The number of sulfonamides is 1. The van der Waals surface area contributed by atoms with E-state index in [1.165, 1.54) is 34.6 Å². The molecule has 0 aromatic heterocycles. The molecule has 0 bridgehead atoms. The van der Waals surface area contributed by atoms with Crippen molar-refractivity contribution < 1.29 is 21.6 Å². The molecule has 1 saturated heterocycles. The van der Waals surface area contributed by atoms with Crippen LogP contribution in [-0.2, 0) is 19.9 Å². The number of carbonyl (C=O) groups is 1. The fourth-order valence-corrected chi connectivity index (χ4v) is 5.47. The highest BCUT2D eigenvalue weighted by Gasteiger charge is 2.29. The molecule has 150 valence electrons. The van der Waals surface area contributed by atoms with Crippen LogP contribution in [0, 0.1) is 6.92 Å². The zero-order chi connectivity index (χ0) is 20.5. The first kappa shape index (κ1) is 20.5. The maximum Gasteiger partial charge on any atom is 0.255 e. The van der Waals surface area contributed by atoms with Crippen molar-refractivity contribution in [2.24, 2.45) is 0 Å². The molecule has 0 radical (unpaired) electrons. The second kappa shape index (κ2) is 7.65. The van der Waals surface area contributed by atoms with E-state index in [0.29, 0.717) is 24.3 Å². The van der Waals surface area contributed by atoms with Gasteiger partial charge in [-0.3, -0.25) is 4.79 Å². The van der Waals surface area contributed by atoms with Crippen LogP contribution in [0.1, 0.15) is 28.8 Å². The van der Waals surface area contributed by atoms with Crippen LogP contribution in [0.4, 0.5) is 5.69 Å². The Morgan fingerprint density at radius 2 is 1.57 bits per heavy atom. The molecule has 1 heterocycles. The maximum atomic E-state index is 12.9. The summed E-state index contributed by atoms with van der Waals surface area (Å²) >= 11 is 0. The van der Waals surface area contributed by atoms with E-state index < -0.39 is 25.8 Å². The summed E-state index contributed by atoms with van der Waals surface area (Å²) < 4.78 is 50.2. The highest BCUT2D eigenvalue weighted by molar-refractivity contribution is 7.90. The van der Waals surface area contributed by atoms with Gasteiger partial charge in [-0.15, -0.1) is 0 Å². The average Bonchev–Trinajstić information content (AvgIpc) is 3.17. The molecule has 1 amide bonds. The number of aryl methyl sites for hydroxylation is 1. The number of nitrogens with zero attached hydrogens (tertiary/aromatic N) is 1. The van der Waals surface area contributed by atoms with Gasteiger partial charge in [0.05, 0.1) is 9.79 Å². The molecule has 0 unspecified atom stereocenters. The van der Waals surface area contributed by atoms with E-state index in [9.17, 15) is 21.6 Å². The van der Waals surface area contributed by atoms with Crippen molar-refractivity contribution in [2.45, 2.75) is 29.6 Å². The zero-order valence-electron chi connectivity index (χ0n) is 15.7. The number of carbonyl (C=O) groups excluding carboxylic acids is 1. The van der Waals surface area contributed by atoms with Gasteiger partial charge in [-0.25, -0.2) is 16.8 Å². The Morgan fingerprint density at radius 1 is 0.964 bits per heavy atom. The Balaban J connectivity index is 1.85. The number of sulfone groups is 1. The molecule has 1 aliphatic heterocycles. The third-order valence-electron chi connectivity index (χ3n) is 4.67. The second-order valence-electron chi connectivity index (χ2n) is 6.84. The van der Waals surface area contributed by atoms with Gasteiger partial charge < -0.3 is 5.32 Å². The van der Waals surface area contributed by atoms with E-state index >= 15 is 0 Å². The predicted octanol–water partition coefficient (Wildman–Crippen LogP) is 2.44. The lowest BCUT2D eigenvalue weighted by Crippen LogP contribution is -2.28. The van der Waals surface area contributed by atoms with Crippen LogP contribution in [0.25, 0.3) is 0 Å². The SMILES string of the molecule is Cc1ccc(C(=O)Nc2ccc(S(C)(=O)=O)cc2)cc1S(=O)(=O)N1CCCC1. The van der Waals surface area contributed by atoms with Gasteiger partial charge in [-0.05, 0) is 61.7 Å². The highest BCUT2D eigenvalue weighted by atomic mass is 32.2. The molecule has 0 aliphatic carbocycles. The molecule has 2 aromatic rings. The van der Waals surface area contributed by atoms with Crippen LogP contribution in [0.15, 0.2) is 52.3 Å². The number of nitrogens with one attached hydrogen (secondary N) is 1. The van der Waals surface area contributed by atoms with Gasteiger partial charge in [0.1, 0.15) is 0 Å². The monoisotopic (exact) mass is 422 g/mol. The molecule has 1 N–H and O–H groups in total. The lowest BCUT2D eigenvalue weighted by molar-refractivity contribution is 0.102. The summed E-state index contributed by atoms with van der Waals surface area (Å²) in [7, 11) is -6.95. The minimum absolute atomic E-state index is 0.134. The summed E-state index contributed by atoms with van der Waals surface area (Å²) in [6.45, 7) is 2.68. The van der Waals surface area contributed by atoms with Crippen molar-refractivity contribution in [3.05, 3.63) is 53.6 Å². The molecular weight excluding hydrogens is 400 g/mol. The minimum Gasteiger partial charge on any atom is -0.322 e.